The number of aryl methyl sites for hydroxylation is 1. The number of amides is 1. The summed E-state index contributed by atoms with van der Waals surface area (Å²) in [4.78, 5) is 22.1. The Morgan fingerprint density at radius 2 is 1.51 bits per heavy atom. The number of carbonyl (C=O) groups is 1. The Balaban J connectivity index is 1.33. The van der Waals surface area contributed by atoms with E-state index >= 15 is 0 Å². The van der Waals surface area contributed by atoms with E-state index in [2.05, 4.69) is 4.90 Å². The number of rotatable bonds is 5. The molecule has 6 rings (SSSR count). The second-order valence-corrected chi connectivity index (χ2v) is 10.4. The number of benzene rings is 3. The van der Waals surface area contributed by atoms with Crippen LogP contribution in [0.15, 0.2) is 97.2 Å². The average Bonchev–Trinajstić information content (AvgIpc) is 3.35. The van der Waals surface area contributed by atoms with Gasteiger partial charge in [-0.1, -0.05) is 60.2 Å². The summed E-state index contributed by atoms with van der Waals surface area (Å²) in [5.74, 6) is 0.0334. The van der Waals surface area contributed by atoms with Gasteiger partial charge in [0.05, 0.1) is 17.0 Å². The fourth-order valence-electron chi connectivity index (χ4n) is 5.32. The van der Waals surface area contributed by atoms with Crippen molar-refractivity contribution in [3.8, 4) is 22.4 Å². The number of pyridine rings is 1. The van der Waals surface area contributed by atoms with Gasteiger partial charge in [-0.3, -0.25) is 9.69 Å². The molecule has 0 saturated carbocycles. The van der Waals surface area contributed by atoms with Gasteiger partial charge in [-0.15, -0.1) is 0 Å². The van der Waals surface area contributed by atoms with Gasteiger partial charge in [-0.05, 0) is 54.4 Å². The van der Waals surface area contributed by atoms with E-state index in [0.717, 1.165) is 34.2 Å². The van der Waals surface area contributed by atoms with Crippen LogP contribution in [0.25, 0.3) is 28.0 Å². The molecule has 5 nitrogen and oxygen atoms in total. The van der Waals surface area contributed by atoms with Crippen molar-refractivity contribution in [2.45, 2.75) is 19.6 Å². The Kier molecular flexibility index (Phi) is 7.09. The highest BCUT2D eigenvalue weighted by Crippen LogP contribution is 2.33. The predicted octanol–water partition coefficient (Wildman–Crippen LogP) is 6.95. The molecular formula is C33H29F3N4O. The summed E-state index contributed by atoms with van der Waals surface area (Å²) < 4.78 is 42.2. The second kappa shape index (κ2) is 10.9. The molecule has 1 aliphatic rings. The van der Waals surface area contributed by atoms with E-state index < -0.39 is 11.7 Å². The maximum Gasteiger partial charge on any atom is 0.416 e. The van der Waals surface area contributed by atoms with Crippen molar-refractivity contribution in [2.75, 3.05) is 26.2 Å². The monoisotopic (exact) mass is 554 g/mol. The van der Waals surface area contributed by atoms with Gasteiger partial charge in [0.15, 0.2) is 0 Å². The highest BCUT2D eigenvalue weighted by Gasteiger charge is 2.30. The molecular weight excluding hydrogens is 525 g/mol. The average molecular weight is 555 g/mol. The molecule has 0 radical (unpaired) electrons. The summed E-state index contributed by atoms with van der Waals surface area (Å²) in [6.07, 6.45) is -2.54. The van der Waals surface area contributed by atoms with E-state index in [0.29, 0.717) is 49.4 Å². The predicted molar refractivity (Wildman–Crippen MR) is 153 cm³/mol. The van der Waals surface area contributed by atoms with Crippen LogP contribution in [-0.2, 0) is 12.7 Å². The molecule has 0 unspecified atom stereocenters. The number of carbonyl (C=O) groups excluding carboxylic acids is 1. The van der Waals surface area contributed by atoms with Gasteiger partial charge in [0.25, 0.3) is 5.91 Å². The third kappa shape index (κ3) is 5.60. The second-order valence-electron chi connectivity index (χ2n) is 10.4. The van der Waals surface area contributed by atoms with Crippen LogP contribution >= 0.6 is 0 Å². The Bertz CT molecular complexity index is 1690. The van der Waals surface area contributed by atoms with Crippen molar-refractivity contribution in [3.05, 3.63) is 120 Å². The standard InChI is InChI=1S/C33H29F3N4O/c1-23-10-12-24(13-11-23)31-29(22-38-16-18-39(19-17-38)32(41)25-6-3-2-4-7-25)40-21-27(14-15-30(40)37-31)26-8-5-9-28(20-26)33(34,35)36/h2-15,20-21H,16-19,22H2,1H3. The molecule has 1 aliphatic heterocycles. The number of alkyl halides is 3. The quantitative estimate of drug-likeness (QED) is 0.236. The summed E-state index contributed by atoms with van der Waals surface area (Å²) in [7, 11) is 0. The van der Waals surface area contributed by atoms with Gasteiger partial charge < -0.3 is 9.30 Å². The van der Waals surface area contributed by atoms with Crippen LogP contribution in [0.1, 0.15) is 27.2 Å². The van der Waals surface area contributed by atoms with Crippen LogP contribution in [-0.4, -0.2) is 51.3 Å². The Morgan fingerprint density at radius 3 is 2.22 bits per heavy atom. The molecule has 8 heteroatoms. The highest BCUT2D eigenvalue weighted by atomic mass is 19.4. The van der Waals surface area contributed by atoms with Gasteiger partial charge in [-0.25, -0.2) is 4.98 Å². The first-order valence-corrected chi connectivity index (χ1v) is 13.6. The van der Waals surface area contributed by atoms with Crippen molar-refractivity contribution in [3.63, 3.8) is 0 Å². The number of fused-ring (bicyclic) bond motifs is 1. The van der Waals surface area contributed by atoms with Crippen LogP contribution in [0.3, 0.4) is 0 Å². The number of nitrogens with zero attached hydrogens (tertiary/aromatic N) is 4. The van der Waals surface area contributed by atoms with E-state index in [1.54, 1.807) is 6.07 Å². The van der Waals surface area contributed by atoms with Crippen molar-refractivity contribution >= 4 is 11.6 Å². The number of hydrogen-bond donors (Lipinski definition) is 0. The molecule has 0 aliphatic carbocycles. The summed E-state index contributed by atoms with van der Waals surface area (Å²) in [5.41, 5.74) is 5.83. The molecule has 1 saturated heterocycles. The molecule has 5 aromatic rings. The zero-order valence-corrected chi connectivity index (χ0v) is 22.6. The number of halogens is 3. The van der Waals surface area contributed by atoms with Crippen LogP contribution in [0.5, 0.6) is 0 Å². The third-order valence-corrected chi connectivity index (χ3v) is 7.62. The molecule has 1 fully saturated rings. The van der Waals surface area contributed by atoms with Crippen LogP contribution in [0.4, 0.5) is 13.2 Å². The summed E-state index contributed by atoms with van der Waals surface area (Å²) in [5, 5.41) is 0. The zero-order valence-electron chi connectivity index (χ0n) is 22.6. The molecule has 0 bridgehead atoms. The number of aromatic nitrogens is 2. The molecule has 3 heterocycles. The number of hydrogen-bond acceptors (Lipinski definition) is 3. The molecule has 208 valence electrons. The normalized spacial score (nSPS) is 14.5. The molecule has 0 spiro atoms. The lowest BCUT2D eigenvalue weighted by Gasteiger charge is -2.34. The molecule has 1 amide bonds. The third-order valence-electron chi connectivity index (χ3n) is 7.62. The largest absolute Gasteiger partial charge is 0.416 e. The maximum atomic E-state index is 13.4. The van der Waals surface area contributed by atoms with E-state index in [1.807, 2.05) is 89.2 Å². The van der Waals surface area contributed by atoms with Crippen molar-refractivity contribution in [1.82, 2.24) is 19.2 Å². The fraction of sp³-hybridized carbons (Fsp3) is 0.212. The summed E-state index contributed by atoms with van der Waals surface area (Å²) >= 11 is 0. The first-order valence-electron chi connectivity index (χ1n) is 13.6. The Morgan fingerprint density at radius 1 is 0.805 bits per heavy atom. The Labute approximate surface area is 236 Å². The van der Waals surface area contributed by atoms with Gasteiger partial charge >= 0.3 is 6.18 Å². The lowest BCUT2D eigenvalue weighted by Crippen LogP contribution is -2.48. The maximum absolute atomic E-state index is 13.4. The van der Waals surface area contributed by atoms with Crippen molar-refractivity contribution in [2.24, 2.45) is 0 Å². The summed E-state index contributed by atoms with van der Waals surface area (Å²) in [6, 6.07) is 26.6. The van der Waals surface area contributed by atoms with Gasteiger partial charge in [-0.2, -0.15) is 13.2 Å². The first kappa shape index (κ1) is 26.8. The first-order chi connectivity index (χ1) is 19.8. The SMILES string of the molecule is Cc1ccc(-c2nc3ccc(-c4cccc(C(F)(F)F)c4)cn3c2CN2CCN(C(=O)c3ccccc3)CC2)cc1. The van der Waals surface area contributed by atoms with Gasteiger partial charge in [0.2, 0.25) is 0 Å². The Hall–Kier alpha value is -4.43. The van der Waals surface area contributed by atoms with Crippen LogP contribution in [0, 0.1) is 6.92 Å². The van der Waals surface area contributed by atoms with Crippen LogP contribution < -0.4 is 0 Å². The molecule has 0 N–H and O–H groups in total. The van der Waals surface area contributed by atoms with Crippen molar-refractivity contribution < 1.29 is 18.0 Å². The van der Waals surface area contributed by atoms with Crippen molar-refractivity contribution in [1.29, 1.82) is 0 Å². The van der Waals surface area contributed by atoms with Gasteiger partial charge in [0.1, 0.15) is 5.65 Å². The lowest BCUT2D eigenvalue weighted by molar-refractivity contribution is -0.137. The molecule has 41 heavy (non-hydrogen) atoms. The minimum absolute atomic E-state index is 0.0334. The van der Waals surface area contributed by atoms with E-state index in [-0.39, 0.29) is 5.91 Å². The lowest BCUT2D eigenvalue weighted by atomic mass is 10.0. The molecule has 3 aromatic carbocycles. The zero-order chi connectivity index (χ0) is 28.6. The van der Waals surface area contributed by atoms with Gasteiger partial charge in [0, 0.05) is 50.0 Å². The molecule has 2 aromatic heterocycles. The van der Waals surface area contributed by atoms with E-state index in [9.17, 15) is 18.0 Å². The number of piperazine rings is 1. The smallest absolute Gasteiger partial charge is 0.336 e. The topological polar surface area (TPSA) is 40.9 Å². The minimum atomic E-state index is -4.41. The molecule has 0 atom stereocenters. The van der Waals surface area contributed by atoms with E-state index in [4.69, 9.17) is 4.98 Å². The van der Waals surface area contributed by atoms with E-state index in [1.165, 1.54) is 12.1 Å². The highest BCUT2D eigenvalue weighted by molar-refractivity contribution is 5.94. The number of imidazole rings is 1. The summed E-state index contributed by atoms with van der Waals surface area (Å²) in [6.45, 7) is 5.24. The van der Waals surface area contributed by atoms with Crippen LogP contribution in [0.2, 0.25) is 0 Å². The fourth-order valence-corrected chi connectivity index (χ4v) is 5.32. The minimum Gasteiger partial charge on any atom is -0.336 e.